The lowest BCUT2D eigenvalue weighted by atomic mass is 10.0. The largest absolute Gasteiger partial charge is 0.308 e. The maximum absolute atomic E-state index is 6.35. The molecule has 0 amide bonds. The van der Waals surface area contributed by atoms with Crippen molar-refractivity contribution in [2.24, 2.45) is 0 Å². The van der Waals surface area contributed by atoms with E-state index < -0.39 is 0 Å². The van der Waals surface area contributed by atoms with Gasteiger partial charge in [-0.15, -0.1) is 0 Å². The number of aromatic nitrogens is 2. The van der Waals surface area contributed by atoms with Crippen LogP contribution >= 0.6 is 23.2 Å². The lowest BCUT2D eigenvalue weighted by molar-refractivity contribution is 0.560. The summed E-state index contributed by atoms with van der Waals surface area (Å²) < 4.78 is 2.01. The summed E-state index contributed by atoms with van der Waals surface area (Å²) >= 11 is 12.5. The molecule has 0 aliphatic rings. The number of hydrogen-bond donors (Lipinski definition) is 1. The average molecular weight is 312 g/mol. The quantitative estimate of drug-likeness (QED) is 0.901. The first-order chi connectivity index (χ1) is 9.62. The molecule has 0 spiro atoms. The van der Waals surface area contributed by atoms with E-state index in [1.807, 2.05) is 23.9 Å². The van der Waals surface area contributed by atoms with E-state index in [9.17, 15) is 0 Å². The smallest absolute Gasteiger partial charge is 0.0760 e. The third-order valence-electron chi connectivity index (χ3n) is 3.40. The van der Waals surface area contributed by atoms with Crippen molar-refractivity contribution in [3.8, 4) is 0 Å². The summed E-state index contributed by atoms with van der Waals surface area (Å²) in [5.41, 5.74) is 3.16. The first-order valence-electron chi connectivity index (χ1n) is 6.80. The number of nitrogens with one attached hydrogen (secondary N) is 1. The highest BCUT2D eigenvalue weighted by atomic mass is 35.5. The second kappa shape index (κ2) is 6.61. The summed E-state index contributed by atoms with van der Waals surface area (Å²) in [6, 6.07) is 7.82. The van der Waals surface area contributed by atoms with Crippen molar-refractivity contribution in [2.45, 2.75) is 32.9 Å². The zero-order valence-electron chi connectivity index (χ0n) is 12.0. The molecule has 1 N–H and O–H groups in total. The highest BCUT2D eigenvalue weighted by Crippen LogP contribution is 2.33. The molecule has 20 heavy (non-hydrogen) atoms. The molecule has 0 bridgehead atoms. The predicted octanol–water partition coefficient (Wildman–Crippen LogP) is 4.08. The normalized spacial score (nSPS) is 12.7. The second-order valence-electron chi connectivity index (χ2n) is 4.59. The standard InChI is InChI=1S/C15H19Cl2N3/c1-4-10-9-13(20(5-2)19-10)15(18-3)11-7-6-8-12(16)14(11)17/h6-9,15,18H,4-5H2,1-3H3. The SMILES string of the molecule is CCc1cc(C(NC)c2cccc(Cl)c2Cl)n(CC)n1. The second-order valence-corrected chi connectivity index (χ2v) is 5.38. The molecule has 0 aliphatic heterocycles. The third-order valence-corrected chi connectivity index (χ3v) is 4.23. The maximum Gasteiger partial charge on any atom is 0.0760 e. The van der Waals surface area contributed by atoms with Gasteiger partial charge < -0.3 is 5.32 Å². The van der Waals surface area contributed by atoms with Crippen LogP contribution in [0.3, 0.4) is 0 Å². The Morgan fingerprint density at radius 2 is 2.05 bits per heavy atom. The molecule has 1 unspecified atom stereocenters. The molecule has 2 aromatic rings. The lowest BCUT2D eigenvalue weighted by Crippen LogP contribution is -2.21. The monoisotopic (exact) mass is 311 g/mol. The zero-order valence-corrected chi connectivity index (χ0v) is 13.5. The van der Waals surface area contributed by atoms with Gasteiger partial charge in [0.2, 0.25) is 0 Å². The Labute approximate surface area is 129 Å². The van der Waals surface area contributed by atoms with Gasteiger partial charge >= 0.3 is 0 Å². The van der Waals surface area contributed by atoms with Gasteiger partial charge in [-0.25, -0.2) is 0 Å². The van der Waals surface area contributed by atoms with E-state index in [2.05, 4.69) is 30.3 Å². The summed E-state index contributed by atoms with van der Waals surface area (Å²) in [6.45, 7) is 5.01. The average Bonchev–Trinajstić information content (AvgIpc) is 2.87. The molecule has 2 rings (SSSR count). The number of nitrogens with zero attached hydrogens (tertiary/aromatic N) is 2. The minimum absolute atomic E-state index is 0.0195. The number of halogens is 2. The summed E-state index contributed by atoms with van der Waals surface area (Å²) in [6.07, 6.45) is 0.916. The predicted molar refractivity (Wildman–Crippen MR) is 84.6 cm³/mol. The Bertz CT molecular complexity index is 593. The Balaban J connectivity index is 2.52. The van der Waals surface area contributed by atoms with E-state index in [-0.39, 0.29) is 6.04 Å². The van der Waals surface area contributed by atoms with E-state index in [1.54, 1.807) is 6.07 Å². The highest BCUT2D eigenvalue weighted by molar-refractivity contribution is 6.42. The van der Waals surface area contributed by atoms with E-state index in [0.717, 1.165) is 29.9 Å². The third kappa shape index (κ3) is 2.85. The van der Waals surface area contributed by atoms with Crippen molar-refractivity contribution in [1.29, 1.82) is 0 Å². The van der Waals surface area contributed by atoms with Crippen LogP contribution in [0.1, 0.15) is 36.8 Å². The Hall–Kier alpha value is -1.03. The Morgan fingerprint density at radius 1 is 1.30 bits per heavy atom. The molecule has 108 valence electrons. The van der Waals surface area contributed by atoms with E-state index >= 15 is 0 Å². The molecule has 5 heteroatoms. The van der Waals surface area contributed by atoms with Crippen LogP contribution in [-0.2, 0) is 13.0 Å². The van der Waals surface area contributed by atoms with Crippen LogP contribution in [-0.4, -0.2) is 16.8 Å². The highest BCUT2D eigenvalue weighted by Gasteiger charge is 2.21. The van der Waals surface area contributed by atoms with Gasteiger partial charge in [-0.05, 0) is 38.1 Å². The van der Waals surface area contributed by atoms with E-state index in [0.29, 0.717) is 10.0 Å². The van der Waals surface area contributed by atoms with Crippen LogP contribution in [0, 0.1) is 0 Å². The maximum atomic E-state index is 6.35. The van der Waals surface area contributed by atoms with Gasteiger partial charge in [0.1, 0.15) is 0 Å². The fourth-order valence-corrected chi connectivity index (χ4v) is 2.77. The summed E-state index contributed by atoms with van der Waals surface area (Å²) in [7, 11) is 1.92. The molecular weight excluding hydrogens is 293 g/mol. The van der Waals surface area contributed by atoms with Crippen LogP contribution in [0.25, 0.3) is 0 Å². The minimum atomic E-state index is -0.0195. The lowest BCUT2D eigenvalue weighted by Gasteiger charge is -2.19. The van der Waals surface area contributed by atoms with Crippen molar-refractivity contribution in [3.63, 3.8) is 0 Å². The van der Waals surface area contributed by atoms with Crippen LogP contribution in [0.5, 0.6) is 0 Å². The topological polar surface area (TPSA) is 29.9 Å². The molecule has 1 aromatic heterocycles. The van der Waals surface area contributed by atoms with Gasteiger partial charge in [-0.3, -0.25) is 4.68 Å². The molecule has 0 radical (unpaired) electrons. The van der Waals surface area contributed by atoms with Crippen molar-refractivity contribution >= 4 is 23.2 Å². The van der Waals surface area contributed by atoms with Gasteiger partial charge in [-0.2, -0.15) is 5.10 Å². The molecular formula is C15H19Cl2N3. The minimum Gasteiger partial charge on any atom is -0.308 e. The van der Waals surface area contributed by atoms with E-state index in [4.69, 9.17) is 23.2 Å². The van der Waals surface area contributed by atoms with Gasteiger partial charge in [0.05, 0.1) is 27.5 Å². The molecule has 1 aromatic carbocycles. The number of aryl methyl sites for hydroxylation is 2. The molecule has 3 nitrogen and oxygen atoms in total. The molecule has 1 heterocycles. The van der Waals surface area contributed by atoms with Crippen molar-refractivity contribution in [3.05, 3.63) is 51.3 Å². The van der Waals surface area contributed by atoms with Gasteiger partial charge in [0.15, 0.2) is 0 Å². The Kier molecular flexibility index (Phi) is 5.08. The van der Waals surface area contributed by atoms with Gasteiger partial charge in [-0.1, -0.05) is 42.3 Å². The molecule has 0 aliphatic carbocycles. The van der Waals surface area contributed by atoms with Crippen molar-refractivity contribution in [1.82, 2.24) is 15.1 Å². The molecule has 0 fully saturated rings. The first kappa shape index (κ1) is 15.4. The number of rotatable bonds is 5. The van der Waals surface area contributed by atoms with Crippen LogP contribution in [0.2, 0.25) is 10.0 Å². The molecule has 1 atom stereocenters. The zero-order chi connectivity index (χ0) is 14.7. The van der Waals surface area contributed by atoms with Crippen molar-refractivity contribution < 1.29 is 0 Å². The van der Waals surface area contributed by atoms with Gasteiger partial charge in [0.25, 0.3) is 0 Å². The summed E-state index contributed by atoms with van der Waals surface area (Å²) in [5.74, 6) is 0. The summed E-state index contributed by atoms with van der Waals surface area (Å²) in [4.78, 5) is 0. The Morgan fingerprint density at radius 3 is 2.65 bits per heavy atom. The molecule has 0 saturated heterocycles. The van der Waals surface area contributed by atoms with Crippen molar-refractivity contribution in [2.75, 3.05) is 7.05 Å². The fourth-order valence-electron chi connectivity index (χ4n) is 2.35. The number of hydrogen-bond acceptors (Lipinski definition) is 2. The van der Waals surface area contributed by atoms with E-state index in [1.165, 1.54) is 0 Å². The number of benzene rings is 1. The van der Waals surface area contributed by atoms with Gasteiger partial charge in [0, 0.05) is 6.54 Å². The van der Waals surface area contributed by atoms with Crippen LogP contribution < -0.4 is 5.32 Å². The molecule has 0 saturated carbocycles. The van der Waals surface area contributed by atoms with Crippen LogP contribution in [0.4, 0.5) is 0 Å². The fraction of sp³-hybridized carbons (Fsp3) is 0.400. The first-order valence-corrected chi connectivity index (χ1v) is 7.55. The van der Waals surface area contributed by atoms with Crippen LogP contribution in [0.15, 0.2) is 24.3 Å². The summed E-state index contributed by atoms with van der Waals surface area (Å²) in [5, 5.41) is 9.07.